The van der Waals surface area contributed by atoms with Crippen molar-refractivity contribution in [2.24, 2.45) is 28.7 Å². The van der Waals surface area contributed by atoms with Crippen LogP contribution >= 0.6 is 0 Å². The standard InChI is InChI=1S/C34H64N10O9/c35-13-5-1-9-23(39)32(50)43-19-21(45)17-27(43)30(48)40-24(10-2-6-14-36)29(47)41-25(11-3-7-15-37)33(51)44-20-22(46)18-28(44)31(49)42-26(34(52)53)12-4-8-16-38/h21-28,45-46H,1-20,35-39H2,(H,40,48)(H,41,47)(H,42,49)(H,52,53)/t21-,22-,23+,24+,25+,26+,27+,28+/m1/s1. The number of hydrogen-bond acceptors (Lipinski definition) is 13. The van der Waals surface area contributed by atoms with Crippen LogP contribution in [0.15, 0.2) is 0 Å². The van der Waals surface area contributed by atoms with E-state index in [1.165, 1.54) is 4.90 Å². The molecule has 2 fully saturated rings. The Bertz CT molecular complexity index is 1200. The summed E-state index contributed by atoms with van der Waals surface area (Å²) in [5.74, 6) is -4.50. The first kappa shape index (κ1) is 45.7. The fourth-order valence-electron chi connectivity index (χ4n) is 6.73. The Kier molecular flexibility index (Phi) is 20.7. The largest absolute Gasteiger partial charge is 0.480 e. The van der Waals surface area contributed by atoms with Gasteiger partial charge in [0.15, 0.2) is 0 Å². The van der Waals surface area contributed by atoms with Crippen LogP contribution in [0.4, 0.5) is 0 Å². The van der Waals surface area contributed by atoms with Gasteiger partial charge in [-0.15, -0.1) is 0 Å². The lowest BCUT2D eigenvalue weighted by molar-refractivity contribution is -0.145. The van der Waals surface area contributed by atoms with Crippen molar-refractivity contribution in [1.82, 2.24) is 25.8 Å². The van der Waals surface area contributed by atoms with E-state index < -0.39 is 84.0 Å². The van der Waals surface area contributed by atoms with Crippen molar-refractivity contribution in [2.75, 3.05) is 39.3 Å². The van der Waals surface area contributed by atoms with Gasteiger partial charge in [0.2, 0.25) is 29.5 Å². The number of rotatable bonds is 25. The highest BCUT2D eigenvalue weighted by molar-refractivity contribution is 5.96. The van der Waals surface area contributed by atoms with Crippen LogP contribution in [0.5, 0.6) is 0 Å². The third-order valence-corrected chi connectivity index (χ3v) is 9.72. The van der Waals surface area contributed by atoms with Gasteiger partial charge in [0.1, 0.15) is 30.2 Å². The van der Waals surface area contributed by atoms with E-state index in [1.54, 1.807) is 0 Å². The molecular weight excluding hydrogens is 692 g/mol. The molecule has 5 amide bonds. The van der Waals surface area contributed by atoms with Crippen LogP contribution < -0.4 is 44.6 Å². The SMILES string of the molecule is NCCCC[C@H](NC(=O)[C@@H]1C[C@@H](O)CN1C(=O)[C@H](CCCCN)NC(=O)[C@H](CCCCN)NC(=O)[C@@H]1C[C@@H](O)CN1C(=O)[C@@H](N)CCCCN)C(=O)O. The molecule has 0 spiro atoms. The first-order chi connectivity index (χ1) is 25.3. The van der Waals surface area contributed by atoms with Crippen LogP contribution in [0.3, 0.4) is 0 Å². The Morgan fingerprint density at radius 3 is 1.42 bits per heavy atom. The van der Waals surface area contributed by atoms with Crippen LogP contribution in [-0.4, -0.2) is 148 Å². The van der Waals surface area contributed by atoms with Crippen molar-refractivity contribution in [3.63, 3.8) is 0 Å². The van der Waals surface area contributed by atoms with E-state index in [-0.39, 0.29) is 45.2 Å². The second-order valence-corrected chi connectivity index (χ2v) is 14.1. The summed E-state index contributed by atoms with van der Waals surface area (Å²) >= 11 is 0. The van der Waals surface area contributed by atoms with Gasteiger partial charge in [-0.1, -0.05) is 6.42 Å². The molecule has 19 nitrogen and oxygen atoms in total. The van der Waals surface area contributed by atoms with Gasteiger partial charge in [-0.3, -0.25) is 24.0 Å². The van der Waals surface area contributed by atoms with Crippen LogP contribution in [0.1, 0.15) is 89.9 Å². The minimum absolute atomic E-state index is 0.0546. The average molecular weight is 757 g/mol. The molecule has 2 aliphatic heterocycles. The minimum Gasteiger partial charge on any atom is -0.480 e. The summed E-state index contributed by atoms with van der Waals surface area (Å²) < 4.78 is 0. The van der Waals surface area contributed by atoms with Gasteiger partial charge < -0.3 is 69.7 Å². The molecule has 19 heteroatoms. The van der Waals surface area contributed by atoms with Crippen molar-refractivity contribution in [1.29, 1.82) is 0 Å². The van der Waals surface area contributed by atoms with Gasteiger partial charge in [-0.05, 0) is 96.8 Å². The molecule has 16 N–H and O–H groups in total. The fourth-order valence-corrected chi connectivity index (χ4v) is 6.73. The maximum absolute atomic E-state index is 14.1. The van der Waals surface area contributed by atoms with E-state index in [0.29, 0.717) is 84.0 Å². The number of hydrogen-bond donors (Lipinski definition) is 11. The van der Waals surface area contributed by atoms with Crippen molar-refractivity contribution in [2.45, 2.75) is 138 Å². The van der Waals surface area contributed by atoms with Crippen LogP contribution in [0, 0.1) is 0 Å². The summed E-state index contributed by atoms with van der Waals surface area (Å²) in [6.45, 7) is 1.14. The highest BCUT2D eigenvalue weighted by Gasteiger charge is 2.44. The number of aliphatic hydroxyl groups is 2. The number of aliphatic carboxylic acids is 1. The number of unbranched alkanes of at least 4 members (excludes halogenated alkanes) is 4. The Balaban J connectivity index is 2.27. The number of likely N-dealkylation sites (tertiary alicyclic amines) is 2. The summed E-state index contributed by atoms with van der Waals surface area (Å²) in [7, 11) is 0. The zero-order chi connectivity index (χ0) is 39.5. The number of nitrogens with zero attached hydrogens (tertiary/aromatic N) is 2. The quantitative estimate of drug-likeness (QED) is 0.0400. The minimum atomic E-state index is -1.24. The third-order valence-electron chi connectivity index (χ3n) is 9.72. The van der Waals surface area contributed by atoms with Gasteiger partial charge >= 0.3 is 5.97 Å². The van der Waals surface area contributed by atoms with Crippen LogP contribution in [-0.2, 0) is 28.8 Å². The molecule has 0 aromatic heterocycles. The van der Waals surface area contributed by atoms with Gasteiger partial charge in [-0.2, -0.15) is 0 Å². The number of carboxylic acids is 1. The molecule has 2 heterocycles. The fraction of sp³-hybridized carbons (Fsp3) is 0.824. The molecule has 2 saturated heterocycles. The highest BCUT2D eigenvalue weighted by Crippen LogP contribution is 2.23. The Morgan fingerprint density at radius 2 is 0.962 bits per heavy atom. The summed E-state index contributed by atoms with van der Waals surface area (Å²) in [5.41, 5.74) is 28.6. The second-order valence-electron chi connectivity index (χ2n) is 14.1. The number of carbonyl (C=O) groups excluding carboxylic acids is 5. The summed E-state index contributed by atoms with van der Waals surface area (Å²) in [5, 5.41) is 38.5. The summed E-state index contributed by atoms with van der Waals surface area (Å²) in [6, 6.07) is -6.73. The third kappa shape index (κ3) is 14.7. The molecule has 0 radical (unpaired) electrons. The Labute approximate surface area is 311 Å². The molecule has 53 heavy (non-hydrogen) atoms. The Morgan fingerprint density at radius 1 is 0.566 bits per heavy atom. The molecule has 304 valence electrons. The van der Waals surface area contributed by atoms with E-state index in [1.807, 2.05) is 0 Å². The van der Waals surface area contributed by atoms with E-state index in [0.717, 1.165) is 4.90 Å². The first-order valence-corrected chi connectivity index (χ1v) is 19.0. The predicted octanol–water partition coefficient (Wildman–Crippen LogP) is -3.71. The number of carbonyl (C=O) groups is 6. The van der Waals surface area contributed by atoms with Gasteiger partial charge in [0, 0.05) is 25.9 Å². The normalized spacial score (nSPS) is 22.2. The molecule has 2 aliphatic rings. The lowest BCUT2D eigenvalue weighted by Gasteiger charge is -2.31. The Hall–Kier alpha value is -3.46. The average Bonchev–Trinajstić information content (AvgIpc) is 3.72. The number of amides is 5. The molecule has 0 unspecified atom stereocenters. The number of aliphatic hydroxyl groups excluding tert-OH is 2. The predicted molar refractivity (Wildman–Crippen MR) is 195 cm³/mol. The van der Waals surface area contributed by atoms with Crippen LogP contribution in [0.25, 0.3) is 0 Å². The highest BCUT2D eigenvalue weighted by atomic mass is 16.4. The molecule has 0 aromatic rings. The second kappa shape index (κ2) is 24.0. The van der Waals surface area contributed by atoms with Gasteiger partial charge in [-0.25, -0.2) is 4.79 Å². The first-order valence-electron chi connectivity index (χ1n) is 19.0. The van der Waals surface area contributed by atoms with E-state index in [2.05, 4.69) is 16.0 Å². The number of nitrogens with two attached hydrogens (primary N) is 5. The maximum atomic E-state index is 14.1. The molecule has 0 aromatic carbocycles. The molecule has 0 aliphatic carbocycles. The molecular formula is C34H64N10O9. The lowest BCUT2D eigenvalue weighted by atomic mass is 10.0. The van der Waals surface area contributed by atoms with Crippen molar-refractivity contribution in [3.05, 3.63) is 0 Å². The van der Waals surface area contributed by atoms with Crippen molar-refractivity contribution < 1.29 is 44.1 Å². The smallest absolute Gasteiger partial charge is 0.326 e. The van der Waals surface area contributed by atoms with E-state index in [9.17, 15) is 44.1 Å². The van der Waals surface area contributed by atoms with Gasteiger partial charge in [0.05, 0.1) is 18.2 Å². The number of β-amino-alcohol motifs (C(OH)–C–C–N with tert-alkyl or cyclic N) is 2. The maximum Gasteiger partial charge on any atom is 0.326 e. The molecule has 2 rings (SSSR count). The monoisotopic (exact) mass is 756 g/mol. The zero-order valence-electron chi connectivity index (χ0n) is 30.8. The molecule has 8 atom stereocenters. The van der Waals surface area contributed by atoms with E-state index >= 15 is 0 Å². The van der Waals surface area contributed by atoms with E-state index in [4.69, 9.17) is 28.7 Å². The summed E-state index contributed by atoms with van der Waals surface area (Å²) in [4.78, 5) is 82.4. The molecule has 0 saturated carbocycles. The summed E-state index contributed by atoms with van der Waals surface area (Å²) in [6.07, 6.45) is 2.77. The van der Waals surface area contributed by atoms with Crippen molar-refractivity contribution in [3.8, 4) is 0 Å². The van der Waals surface area contributed by atoms with Gasteiger partial charge in [0.25, 0.3) is 0 Å². The topological polar surface area (TPSA) is 336 Å². The molecule has 0 bridgehead atoms. The van der Waals surface area contributed by atoms with Crippen molar-refractivity contribution >= 4 is 35.5 Å². The van der Waals surface area contributed by atoms with Crippen LogP contribution in [0.2, 0.25) is 0 Å². The lowest BCUT2D eigenvalue weighted by Crippen LogP contribution is -2.59. The number of nitrogens with one attached hydrogen (secondary N) is 3. The zero-order valence-corrected chi connectivity index (χ0v) is 30.8. The number of carboxylic acid groups (broad SMARTS) is 1.